The van der Waals surface area contributed by atoms with Crippen LogP contribution in [0.5, 0.6) is 5.75 Å². The van der Waals surface area contributed by atoms with E-state index in [2.05, 4.69) is 21.2 Å². The predicted molar refractivity (Wildman–Crippen MR) is 82.7 cm³/mol. The maximum atomic E-state index is 14.5. The summed E-state index contributed by atoms with van der Waals surface area (Å²) in [4.78, 5) is 0. The molecule has 2 aromatic carbocycles. The lowest BCUT2D eigenvalue weighted by molar-refractivity contribution is 0.382. The Kier molecular flexibility index (Phi) is 4.78. The van der Waals surface area contributed by atoms with E-state index >= 15 is 0 Å². The first kappa shape index (κ1) is 15.0. The SMILES string of the molecule is CNC(c1cccc(Br)c1C)c1cccc(OC)c1F. The normalized spacial score (nSPS) is 12.2. The summed E-state index contributed by atoms with van der Waals surface area (Å²) >= 11 is 3.52. The first-order valence-corrected chi connectivity index (χ1v) is 7.14. The molecule has 0 aliphatic carbocycles. The molecule has 2 rings (SSSR count). The van der Waals surface area contributed by atoms with E-state index in [9.17, 15) is 4.39 Å². The number of nitrogens with one attached hydrogen (secondary N) is 1. The molecule has 2 nitrogen and oxygen atoms in total. The predicted octanol–water partition coefficient (Wildman–Crippen LogP) is 4.21. The van der Waals surface area contributed by atoms with Crippen LogP contribution in [-0.2, 0) is 0 Å². The van der Waals surface area contributed by atoms with Gasteiger partial charge in [-0.3, -0.25) is 0 Å². The van der Waals surface area contributed by atoms with Gasteiger partial charge in [-0.15, -0.1) is 0 Å². The molecule has 1 atom stereocenters. The molecular weight excluding hydrogens is 321 g/mol. The molecule has 0 saturated carbocycles. The molecule has 0 spiro atoms. The highest BCUT2D eigenvalue weighted by atomic mass is 79.9. The lowest BCUT2D eigenvalue weighted by Gasteiger charge is -2.21. The monoisotopic (exact) mass is 337 g/mol. The molecule has 106 valence electrons. The fraction of sp³-hybridized carbons (Fsp3) is 0.250. The standard InChI is InChI=1S/C16H17BrFNO/c1-10-11(6-4-8-13(10)17)16(19-2)12-7-5-9-14(20-3)15(12)18/h4-9,16,19H,1-3H3. The van der Waals surface area contributed by atoms with Gasteiger partial charge in [-0.05, 0) is 37.2 Å². The molecule has 0 aliphatic rings. The van der Waals surface area contributed by atoms with Crippen molar-refractivity contribution in [2.24, 2.45) is 0 Å². The first-order valence-electron chi connectivity index (χ1n) is 6.34. The molecular formula is C16H17BrFNO. The summed E-state index contributed by atoms with van der Waals surface area (Å²) in [6.45, 7) is 2.02. The summed E-state index contributed by atoms with van der Waals surface area (Å²) < 4.78 is 20.5. The van der Waals surface area contributed by atoms with Gasteiger partial charge >= 0.3 is 0 Å². The molecule has 4 heteroatoms. The number of benzene rings is 2. The average Bonchev–Trinajstić information content (AvgIpc) is 2.46. The third-order valence-corrected chi connectivity index (χ3v) is 4.29. The Hall–Kier alpha value is -1.39. The summed E-state index contributed by atoms with van der Waals surface area (Å²) in [5.41, 5.74) is 2.70. The molecule has 1 unspecified atom stereocenters. The van der Waals surface area contributed by atoms with Gasteiger partial charge in [0.05, 0.1) is 13.2 Å². The molecule has 0 heterocycles. The molecule has 1 N–H and O–H groups in total. The molecule has 0 bridgehead atoms. The molecule has 0 aromatic heterocycles. The second-order valence-electron chi connectivity index (χ2n) is 4.54. The highest BCUT2D eigenvalue weighted by molar-refractivity contribution is 9.10. The van der Waals surface area contributed by atoms with Crippen molar-refractivity contribution in [3.8, 4) is 5.75 Å². The minimum atomic E-state index is -0.325. The van der Waals surface area contributed by atoms with Crippen LogP contribution >= 0.6 is 15.9 Å². The van der Waals surface area contributed by atoms with E-state index in [1.165, 1.54) is 7.11 Å². The average molecular weight is 338 g/mol. The Morgan fingerprint density at radius 1 is 1.15 bits per heavy atom. The second-order valence-corrected chi connectivity index (χ2v) is 5.39. The molecule has 0 aliphatic heterocycles. The van der Waals surface area contributed by atoms with Gasteiger partial charge in [-0.1, -0.05) is 40.2 Å². The Morgan fingerprint density at radius 3 is 2.45 bits per heavy atom. The minimum absolute atomic E-state index is 0.220. The zero-order valence-corrected chi connectivity index (χ0v) is 13.3. The zero-order chi connectivity index (χ0) is 14.7. The van der Waals surface area contributed by atoms with Gasteiger partial charge in [0.15, 0.2) is 11.6 Å². The van der Waals surface area contributed by atoms with Crippen molar-refractivity contribution in [3.05, 3.63) is 63.4 Å². The Labute approximate surface area is 127 Å². The van der Waals surface area contributed by atoms with Crippen molar-refractivity contribution in [2.45, 2.75) is 13.0 Å². The topological polar surface area (TPSA) is 21.3 Å². The smallest absolute Gasteiger partial charge is 0.170 e. The van der Waals surface area contributed by atoms with Gasteiger partial charge in [0.1, 0.15) is 0 Å². The summed E-state index contributed by atoms with van der Waals surface area (Å²) in [6.07, 6.45) is 0. The van der Waals surface area contributed by atoms with E-state index in [-0.39, 0.29) is 17.6 Å². The van der Waals surface area contributed by atoms with E-state index in [1.807, 2.05) is 32.2 Å². The van der Waals surface area contributed by atoms with Crippen LogP contribution in [0.3, 0.4) is 0 Å². The Morgan fingerprint density at radius 2 is 1.80 bits per heavy atom. The molecule has 0 radical (unpaired) electrons. The van der Waals surface area contributed by atoms with Crippen molar-refractivity contribution in [3.63, 3.8) is 0 Å². The molecule has 0 saturated heterocycles. The van der Waals surface area contributed by atoms with E-state index in [0.717, 1.165) is 15.6 Å². The van der Waals surface area contributed by atoms with Gasteiger partial charge in [0.2, 0.25) is 0 Å². The zero-order valence-electron chi connectivity index (χ0n) is 11.7. The summed E-state index contributed by atoms with van der Waals surface area (Å²) in [7, 11) is 3.30. The molecule has 2 aromatic rings. The molecule has 0 amide bonds. The number of halogens is 2. The Bertz CT molecular complexity index is 615. The van der Waals surface area contributed by atoms with E-state index in [4.69, 9.17) is 4.74 Å². The van der Waals surface area contributed by atoms with Crippen LogP contribution < -0.4 is 10.1 Å². The van der Waals surface area contributed by atoms with Crippen molar-refractivity contribution in [1.29, 1.82) is 0 Å². The number of hydrogen-bond acceptors (Lipinski definition) is 2. The number of hydrogen-bond donors (Lipinski definition) is 1. The summed E-state index contributed by atoms with van der Waals surface area (Å²) in [6, 6.07) is 10.9. The summed E-state index contributed by atoms with van der Waals surface area (Å²) in [5.74, 6) is -0.0656. The maximum Gasteiger partial charge on any atom is 0.170 e. The van der Waals surface area contributed by atoms with Crippen LogP contribution in [-0.4, -0.2) is 14.2 Å². The van der Waals surface area contributed by atoms with Gasteiger partial charge in [0, 0.05) is 10.0 Å². The van der Waals surface area contributed by atoms with Crippen LogP contribution in [0.1, 0.15) is 22.7 Å². The van der Waals surface area contributed by atoms with Crippen LogP contribution in [0.15, 0.2) is 40.9 Å². The van der Waals surface area contributed by atoms with Crippen molar-refractivity contribution in [1.82, 2.24) is 5.32 Å². The van der Waals surface area contributed by atoms with Crippen LogP contribution in [0.2, 0.25) is 0 Å². The van der Waals surface area contributed by atoms with Crippen LogP contribution in [0.25, 0.3) is 0 Å². The Balaban J connectivity index is 2.56. The highest BCUT2D eigenvalue weighted by Gasteiger charge is 2.20. The van der Waals surface area contributed by atoms with Crippen molar-refractivity contribution in [2.75, 3.05) is 14.2 Å². The third-order valence-electron chi connectivity index (χ3n) is 3.43. The van der Waals surface area contributed by atoms with Gasteiger partial charge in [-0.25, -0.2) is 4.39 Å². The number of rotatable bonds is 4. The second kappa shape index (κ2) is 6.37. The number of methoxy groups -OCH3 is 1. The lowest BCUT2D eigenvalue weighted by Crippen LogP contribution is -2.20. The summed E-state index contributed by atoms with van der Waals surface area (Å²) in [5, 5.41) is 3.18. The largest absolute Gasteiger partial charge is 0.494 e. The van der Waals surface area contributed by atoms with Crippen LogP contribution in [0.4, 0.5) is 4.39 Å². The highest BCUT2D eigenvalue weighted by Crippen LogP contribution is 2.32. The van der Waals surface area contributed by atoms with Gasteiger partial charge < -0.3 is 10.1 Å². The van der Waals surface area contributed by atoms with Gasteiger partial charge in [-0.2, -0.15) is 0 Å². The third kappa shape index (κ3) is 2.72. The van der Waals surface area contributed by atoms with E-state index in [1.54, 1.807) is 18.2 Å². The van der Waals surface area contributed by atoms with Crippen LogP contribution in [0, 0.1) is 12.7 Å². The van der Waals surface area contributed by atoms with E-state index < -0.39 is 0 Å². The maximum absolute atomic E-state index is 14.5. The van der Waals surface area contributed by atoms with E-state index in [0.29, 0.717) is 5.56 Å². The molecule has 0 fully saturated rings. The lowest BCUT2D eigenvalue weighted by atomic mass is 9.94. The fourth-order valence-corrected chi connectivity index (χ4v) is 2.71. The minimum Gasteiger partial charge on any atom is -0.494 e. The van der Waals surface area contributed by atoms with Crippen molar-refractivity contribution < 1.29 is 9.13 Å². The quantitative estimate of drug-likeness (QED) is 0.902. The van der Waals surface area contributed by atoms with Gasteiger partial charge in [0.25, 0.3) is 0 Å². The number of ether oxygens (including phenoxy) is 1. The van der Waals surface area contributed by atoms with Crippen molar-refractivity contribution >= 4 is 15.9 Å². The molecule has 20 heavy (non-hydrogen) atoms. The fourth-order valence-electron chi connectivity index (χ4n) is 2.32. The first-order chi connectivity index (χ1) is 9.60.